The van der Waals surface area contributed by atoms with Crippen LogP contribution in [0.4, 0.5) is 0 Å². The normalized spacial score (nSPS) is 17.7. The molecule has 1 aromatic rings. The van der Waals surface area contributed by atoms with E-state index in [-0.39, 0.29) is 0 Å². The van der Waals surface area contributed by atoms with Crippen molar-refractivity contribution in [2.75, 3.05) is 20.2 Å². The molecule has 1 aliphatic heterocycles. The van der Waals surface area contributed by atoms with Gasteiger partial charge >= 0.3 is 0 Å². The first kappa shape index (κ1) is 10.4. The third-order valence-corrected chi connectivity index (χ3v) is 2.95. The summed E-state index contributed by atoms with van der Waals surface area (Å²) < 4.78 is 5.12. The quantitative estimate of drug-likeness (QED) is 0.816. The summed E-state index contributed by atoms with van der Waals surface area (Å²) in [5.41, 5.74) is 1.15. The summed E-state index contributed by atoms with van der Waals surface area (Å²) in [6, 6.07) is 6.00. The van der Waals surface area contributed by atoms with Gasteiger partial charge in [-0.2, -0.15) is 0 Å². The molecule has 0 aromatic carbocycles. The topological polar surface area (TPSA) is 34.1 Å². The fourth-order valence-corrected chi connectivity index (χ4v) is 2.07. The molecule has 15 heavy (non-hydrogen) atoms. The highest BCUT2D eigenvalue weighted by molar-refractivity contribution is 5.16. The van der Waals surface area contributed by atoms with E-state index in [4.69, 9.17) is 4.74 Å². The lowest BCUT2D eigenvalue weighted by molar-refractivity contribution is 0.364. The van der Waals surface area contributed by atoms with Crippen molar-refractivity contribution < 1.29 is 4.74 Å². The maximum Gasteiger partial charge on any atom is 0.213 e. The Labute approximate surface area is 90.9 Å². The number of hydrogen-bond acceptors (Lipinski definition) is 3. The van der Waals surface area contributed by atoms with Crippen LogP contribution < -0.4 is 10.1 Å². The Morgan fingerprint density at radius 3 is 2.93 bits per heavy atom. The average Bonchev–Trinajstić information content (AvgIpc) is 2.31. The number of nitrogens with zero attached hydrogens (tertiary/aromatic N) is 1. The molecule has 1 saturated heterocycles. The Bertz CT molecular complexity index is 308. The van der Waals surface area contributed by atoms with Crippen LogP contribution in [0.25, 0.3) is 0 Å². The first-order valence-corrected chi connectivity index (χ1v) is 5.59. The van der Waals surface area contributed by atoms with E-state index in [0.717, 1.165) is 37.0 Å². The molecule has 1 N–H and O–H groups in total. The van der Waals surface area contributed by atoms with Crippen LogP contribution in [-0.2, 0) is 6.42 Å². The maximum absolute atomic E-state index is 5.12. The fourth-order valence-electron chi connectivity index (χ4n) is 2.07. The van der Waals surface area contributed by atoms with Crippen LogP contribution in [0.15, 0.2) is 18.2 Å². The number of nitrogens with one attached hydrogen (secondary N) is 1. The van der Waals surface area contributed by atoms with E-state index in [0.29, 0.717) is 0 Å². The third-order valence-electron chi connectivity index (χ3n) is 2.95. The van der Waals surface area contributed by atoms with Gasteiger partial charge in [-0.1, -0.05) is 6.07 Å². The molecule has 0 aliphatic carbocycles. The Balaban J connectivity index is 1.96. The van der Waals surface area contributed by atoms with Crippen molar-refractivity contribution in [1.29, 1.82) is 0 Å². The lowest BCUT2D eigenvalue weighted by Crippen LogP contribution is -2.28. The summed E-state index contributed by atoms with van der Waals surface area (Å²) >= 11 is 0. The molecule has 0 spiro atoms. The standard InChI is InChI=1S/C12H18N2O/c1-15-12-4-2-3-11(14-12)9-10-5-7-13-8-6-10/h2-4,10,13H,5-9H2,1H3. The Hall–Kier alpha value is -1.09. The molecule has 0 saturated carbocycles. The zero-order valence-electron chi connectivity index (χ0n) is 9.20. The van der Waals surface area contributed by atoms with Gasteiger partial charge in [0.1, 0.15) is 0 Å². The van der Waals surface area contributed by atoms with Crippen molar-refractivity contribution in [2.24, 2.45) is 5.92 Å². The smallest absolute Gasteiger partial charge is 0.213 e. The molecule has 3 nitrogen and oxygen atoms in total. The average molecular weight is 206 g/mol. The lowest BCUT2D eigenvalue weighted by Gasteiger charge is -2.22. The molecule has 3 heteroatoms. The van der Waals surface area contributed by atoms with Crippen LogP contribution in [0.1, 0.15) is 18.5 Å². The molecule has 0 bridgehead atoms. The summed E-state index contributed by atoms with van der Waals surface area (Å²) in [5, 5.41) is 3.38. The van der Waals surface area contributed by atoms with Gasteiger partial charge < -0.3 is 10.1 Å². The molecule has 0 amide bonds. The fraction of sp³-hybridized carbons (Fsp3) is 0.583. The van der Waals surface area contributed by atoms with Crippen molar-refractivity contribution in [3.8, 4) is 5.88 Å². The van der Waals surface area contributed by atoms with Crippen molar-refractivity contribution in [2.45, 2.75) is 19.3 Å². The van der Waals surface area contributed by atoms with Crippen LogP contribution in [-0.4, -0.2) is 25.2 Å². The third kappa shape index (κ3) is 2.93. The predicted octanol–water partition coefficient (Wildman–Crippen LogP) is 1.63. The lowest BCUT2D eigenvalue weighted by atomic mass is 9.93. The van der Waals surface area contributed by atoms with Gasteiger partial charge in [-0.05, 0) is 44.3 Å². The maximum atomic E-state index is 5.12. The molecule has 0 radical (unpaired) electrons. The second-order valence-corrected chi connectivity index (χ2v) is 4.07. The van der Waals surface area contributed by atoms with Gasteiger partial charge in [0.15, 0.2) is 0 Å². The van der Waals surface area contributed by atoms with E-state index in [2.05, 4.69) is 16.4 Å². The van der Waals surface area contributed by atoms with Crippen molar-refractivity contribution in [1.82, 2.24) is 10.3 Å². The molecule has 2 rings (SSSR count). The minimum absolute atomic E-state index is 0.724. The highest BCUT2D eigenvalue weighted by atomic mass is 16.5. The van der Waals surface area contributed by atoms with Crippen LogP contribution in [0, 0.1) is 5.92 Å². The van der Waals surface area contributed by atoms with Gasteiger partial charge in [0.05, 0.1) is 7.11 Å². The highest BCUT2D eigenvalue weighted by Crippen LogP contribution is 2.18. The van der Waals surface area contributed by atoms with E-state index >= 15 is 0 Å². The van der Waals surface area contributed by atoms with Gasteiger partial charge in [0.2, 0.25) is 5.88 Å². The Morgan fingerprint density at radius 1 is 1.40 bits per heavy atom. The molecular weight excluding hydrogens is 188 g/mol. The van der Waals surface area contributed by atoms with E-state index < -0.39 is 0 Å². The number of hydrogen-bond donors (Lipinski definition) is 1. The Morgan fingerprint density at radius 2 is 2.20 bits per heavy atom. The molecule has 1 aromatic heterocycles. The molecule has 2 heterocycles. The first-order chi connectivity index (χ1) is 7.38. The number of piperidine rings is 1. The molecule has 82 valence electrons. The first-order valence-electron chi connectivity index (χ1n) is 5.59. The van der Waals surface area contributed by atoms with Gasteiger partial charge in [-0.3, -0.25) is 0 Å². The number of aromatic nitrogens is 1. The number of rotatable bonds is 3. The van der Waals surface area contributed by atoms with E-state index in [9.17, 15) is 0 Å². The monoisotopic (exact) mass is 206 g/mol. The van der Waals surface area contributed by atoms with Crippen LogP contribution in [0.5, 0.6) is 5.88 Å². The zero-order chi connectivity index (χ0) is 10.5. The molecule has 1 aliphatic rings. The Kier molecular flexibility index (Phi) is 3.56. The second kappa shape index (κ2) is 5.12. The summed E-state index contributed by atoms with van der Waals surface area (Å²) in [7, 11) is 1.66. The van der Waals surface area contributed by atoms with Gasteiger partial charge in [0.25, 0.3) is 0 Å². The van der Waals surface area contributed by atoms with Crippen LogP contribution in [0.3, 0.4) is 0 Å². The zero-order valence-corrected chi connectivity index (χ0v) is 9.20. The van der Waals surface area contributed by atoms with Gasteiger partial charge in [-0.25, -0.2) is 4.98 Å². The summed E-state index contributed by atoms with van der Waals surface area (Å²) in [4.78, 5) is 4.44. The summed E-state index contributed by atoms with van der Waals surface area (Å²) in [6.07, 6.45) is 3.61. The van der Waals surface area contributed by atoms with Gasteiger partial charge in [0, 0.05) is 11.8 Å². The predicted molar refractivity (Wildman–Crippen MR) is 60.1 cm³/mol. The van der Waals surface area contributed by atoms with Crippen molar-refractivity contribution in [3.05, 3.63) is 23.9 Å². The second-order valence-electron chi connectivity index (χ2n) is 4.07. The van der Waals surface area contributed by atoms with Crippen LogP contribution >= 0.6 is 0 Å². The molecule has 0 atom stereocenters. The number of pyridine rings is 1. The number of ether oxygens (including phenoxy) is 1. The minimum Gasteiger partial charge on any atom is -0.481 e. The van der Waals surface area contributed by atoms with Crippen molar-refractivity contribution >= 4 is 0 Å². The largest absolute Gasteiger partial charge is 0.481 e. The molecule has 0 unspecified atom stereocenters. The highest BCUT2D eigenvalue weighted by Gasteiger charge is 2.14. The summed E-state index contributed by atoms with van der Waals surface area (Å²) in [6.45, 7) is 2.29. The van der Waals surface area contributed by atoms with E-state index in [1.54, 1.807) is 7.11 Å². The number of methoxy groups -OCH3 is 1. The van der Waals surface area contributed by atoms with E-state index in [1.807, 2.05) is 12.1 Å². The SMILES string of the molecule is COc1cccc(CC2CCNCC2)n1. The van der Waals surface area contributed by atoms with Crippen LogP contribution in [0.2, 0.25) is 0 Å². The molecule has 1 fully saturated rings. The van der Waals surface area contributed by atoms with Gasteiger partial charge in [-0.15, -0.1) is 0 Å². The molecular formula is C12H18N2O. The van der Waals surface area contributed by atoms with Crippen molar-refractivity contribution in [3.63, 3.8) is 0 Å². The summed E-state index contributed by atoms with van der Waals surface area (Å²) in [5.74, 6) is 1.51. The minimum atomic E-state index is 0.724. The van der Waals surface area contributed by atoms with E-state index in [1.165, 1.54) is 12.8 Å².